The Morgan fingerprint density at radius 1 is 1.27 bits per heavy atom. The maximum Gasteiger partial charge on any atom is 0.276 e. The lowest BCUT2D eigenvalue weighted by Crippen LogP contribution is -2.64. The molecule has 4 fully saturated rings. The number of Topliss-reactive ketones (excluding diaryl/α,β-unsaturated/α-hetero) is 1. The smallest absolute Gasteiger partial charge is 0.276 e. The summed E-state index contributed by atoms with van der Waals surface area (Å²) in [6.07, 6.45) is 7.51. The highest BCUT2D eigenvalue weighted by Crippen LogP contribution is 2.69. The van der Waals surface area contributed by atoms with Gasteiger partial charge >= 0.3 is 0 Å². The van der Waals surface area contributed by atoms with E-state index in [0.29, 0.717) is 30.8 Å². The van der Waals surface area contributed by atoms with Crippen molar-refractivity contribution < 1.29 is 34.4 Å². The van der Waals surface area contributed by atoms with Crippen molar-refractivity contribution >= 4 is 11.6 Å². The fourth-order valence-electron chi connectivity index (χ4n) is 8.02. The number of unbranched alkanes of at least 4 members (excludes halogenated alkanes) is 1. The molecule has 0 amide bonds. The van der Waals surface area contributed by atoms with Gasteiger partial charge in [0.15, 0.2) is 5.78 Å². The maximum absolute atomic E-state index is 13.3. The molecule has 0 bridgehead atoms. The average molecular weight is 459 g/mol. The van der Waals surface area contributed by atoms with Crippen LogP contribution in [0.25, 0.3) is 0 Å². The summed E-state index contributed by atoms with van der Waals surface area (Å²) in [6, 6.07) is 0. The van der Waals surface area contributed by atoms with Crippen LogP contribution in [-0.2, 0) is 19.1 Å². The van der Waals surface area contributed by atoms with Crippen LogP contribution in [0.1, 0.15) is 52.9 Å². The Morgan fingerprint density at radius 3 is 2.73 bits per heavy atom. The molecular weight excluding hydrogens is 424 g/mol. The number of aliphatic hydroxyl groups is 3. The van der Waals surface area contributed by atoms with Crippen LogP contribution in [0.5, 0.6) is 0 Å². The van der Waals surface area contributed by atoms with E-state index in [1.165, 1.54) is 12.2 Å². The van der Waals surface area contributed by atoms with Crippen molar-refractivity contribution in [3.63, 3.8) is 0 Å². The molecule has 3 saturated carbocycles. The molecule has 1 aliphatic heterocycles. The summed E-state index contributed by atoms with van der Waals surface area (Å²) in [4.78, 5) is 25.3. The SMILES string of the molecule is CCC/C=C1\O[C@@H]2C[C@H]3[C@@H]4C[C@H](O)C5=CC(=O)C=C[C@]5(C)[C@H]4[C@@H](O)C[C@]3(C)[C@]2(C(=O)CO)O1. The van der Waals surface area contributed by atoms with E-state index < -0.39 is 47.1 Å². The Labute approximate surface area is 194 Å². The van der Waals surface area contributed by atoms with Gasteiger partial charge in [-0.2, -0.15) is 0 Å². The first-order valence-corrected chi connectivity index (χ1v) is 12.1. The molecule has 0 aromatic carbocycles. The number of allylic oxidation sites excluding steroid dienone is 4. The molecule has 7 nitrogen and oxygen atoms in total. The number of carbonyl (C=O) groups is 2. The van der Waals surface area contributed by atoms with Crippen LogP contribution in [0.4, 0.5) is 0 Å². The molecule has 4 aliphatic carbocycles. The van der Waals surface area contributed by atoms with Gasteiger partial charge in [-0.1, -0.05) is 33.3 Å². The molecule has 7 heteroatoms. The third-order valence-corrected chi connectivity index (χ3v) is 9.35. The Hall–Kier alpha value is -1.96. The summed E-state index contributed by atoms with van der Waals surface area (Å²) in [5.41, 5.74) is -2.11. The molecule has 0 radical (unpaired) electrons. The van der Waals surface area contributed by atoms with E-state index in [0.717, 1.165) is 12.8 Å². The number of rotatable bonds is 4. The first kappa shape index (κ1) is 22.8. The summed E-state index contributed by atoms with van der Waals surface area (Å²) < 4.78 is 12.4. The van der Waals surface area contributed by atoms with Gasteiger partial charge in [0, 0.05) is 16.7 Å². The van der Waals surface area contributed by atoms with Gasteiger partial charge in [-0.3, -0.25) is 9.59 Å². The van der Waals surface area contributed by atoms with Gasteiger partial charge in [-0.25, -0.2) is 0 Å². The fraction of sp³-hybridized carbons (Fsp3) is 0.692. The molecule has 5 rings (SSSR count). The van der Waals surface area contributed by atoms with Gasteiger partial charge in [0.1, 0.15) is 12.7 Å². The highest BCUT2D eigenvalue weighted by molar-refractivity contribution is 6.01. The lowest BCUT2D eigenvalue weighted by atomic mass is 9.45. The van der Waals surface area contributed by atoms with E-state index in [4.69, 9.17) is 9.47 Å². The van der Waals surface area contributed by atoms with Crippen LogP contribution >= 0.6 is 0 Å². The van der Waals surface area contributed by atoms with Crippen molar-refractivity contribution in [2.24, 2.45) is 28.6 Å². The van der Waals surface area contributed by atoms with Crippen molar-refractivity contribution in [3.05, 3.63) is 35.8 Å². The monoisotopic (exact) mass is 458 g/mol. The largest absolute Gasteiger partial charge is 0.458 e. The van der Waals surface area contributed by atoms with E-state index >= 15 is 0 Å². The number of aliphatic hydroxyl groups excluding tert-OH is 3. The fourth-order valence-corrected chi connectivity index (χ4v) is 8.02. The normalized spacial score (nSPS) is 48.8. The molecule has 0 unspecified atom stereocenters. The van der Waals surface area contributed by atoms with Gasteiger partial charge in [0.2, 0.25) is 11.4 Å². The molecule has 0 spiro atoms. The topological polar surface area (TPSA) is 113 Å². The molecule has 5 aliphatic rings. The minimum absolute atomic E-state index is 0.0572. The Kier molecular flexibility index (Phi) is 5.20. The predicted molar refractivity (Wildman–Crippen MR) is 119 cm³/mol. The van der Waals surface area contributed by atoms with Crippen LogP contribution in [0.15, 0.2) is 35.8 Å². The number of ketones is 2. The second-order valence-electron chi connectivity index (χ2n) is 10.9. The van der Waals surface area contributed by atoms with Gasteiger partial charge < -0.3 is 24.8 Å². The minimum Gasteiger partial charge on any atom is -0.458 e. The van der Waals surface area contributed by atoms with Crippen LogP contribution in [-0.4, -0.2) is 57.4 Å². The Bertz CT molecular complexity index is 966. The van der Waals surface area contributed by atoms with E-state index in [2.05, 4.69) is 0 Å². The molecule has 0 aromatic rings. The molecule has 33 heavy (non-hydrogen) atoms. The predicted octanol–water partition coefficient (Wildman–Crippen LogP) is 2.20. The second kappa shape index (κ2) is 7.52. The van der Waals surface area contributed by atoms with Crippen molar-refractivity contribution in [1.82, 2.24) is 0 Å². The first-order chi connectivity index (χ1) is 15.6. The number of fused-ring (bicyclic) bond motifs is 7. The van der Waals surface area contributed by atoms with Gasteiger partial charge in [-0.15, -0.1) is 0 Å². The molecule has 1 saturated heterocycles. The van der Waals surface area contributed by atoms with Crippen molar-refractivity contribution in [2.45, 2.75) is 76.8 Å². The Morgan fingerprint density at radius 2 is 2.03 bits per heavy atom. The molecule has 3 N–H and O–H groups in total. The summed E-state index contributed by atoms with van der Waals surface area (Å²) in [6.45, 7) is 5.33. The molecule has 1 heterocycles. The van der Waals surface area contributed by atoms with Gasteiger partial charge in [0.25, 0.3) is 5.95 Å². The standard InChI is InChI=1S/C26H34O7/c1-4-5-6-22-32-21-11-16-15-10-18(29)17-9-14(28)7-8-24(17,2)23(15)19(30)12-25(16,3)26(21,33-22)20(31)13-27/h6-9,15-16,18-19,21,23,27,29-30H,4-5,10-13H2,1-3H3/b22-6+/t15-,16-,18-,19-,21+,23+,24-,25-,26+/m0/s1. The maximum atomic E-state index is 13.3. The van der Waals surface area contributed by atoms with Crippen LogP contribution in [0, 0.1) is 28.6 Å². The zero-order chi connectivity index (χ0) is 23.8. The second-order valence-corrected chi connectivity index (χ2v) is 10.9. The zero-order valence-corrected chi connectivity index (χ0v) is 19.5. The summed E-state index contributed by atoms with van der Waals surface area (Å²) >= 11 is 0. The summed E-state index contributed by atoms with van der Waals surface area (Å²) in [5.74, 6) is -0.601. The quantitative estimate of drug-likeness (QED) is 0.592. The zero-order valence-electron chi connectivity index (χ0n) is 19.5. The molecule has 0 aromatic heterocycles. The van der Waals surface area contributed by atoms with Crippen LogP contribution in [0.3, 0.4) is 0 Å². The van der Waals surface area contributed by atoms with Crippen molar-refractivity contribution in [1.29, 1.82) is 0 Å². The third-order valence-electron chi connectivity index (χ3n) is 9.35. The number of hydrogen-bond acceptors (Lipinski definition) is 7. The average Bonchev–Trinajstić information content (AvgIpc) is 3.25. The first-order valence-electron chi connectivity index (χ1n) is 12.1. The summed E-state index contributed by atoms with van der Waals surface area (Å²) in [7, 11) is 0. The third kappa shape index (κ3) is 2.85. The van der Waals surface area contributed by atoms with Crippen LogP contribution < -0.4 is 0 Å². The van der Waals surface area contributed by atoms with Gasteiger partial charge in [0.05, 0.1) is 12.2 Å². The van der Waals surface area contributed by atoms with E-state index in [-0.39, 0.29) is 23.5 Å². The van der Waals surface area contributed by atoms with Crippen molar-refractivity contribution in [2.75, 3.05) is 6.61 Å². The van der Waals surface area contributed by atoms with E-state index in [1.54, 1.807) is 0 Å². The highest BCUT2D eigenvalue weighted by atomic mass is 16.7. The van der Waals surface area contributed by atoms with Crippen molar-refractivity contribution in [3.8, 4) is 0 Å². The Balaban J connectivity index is 1.58. The number of carbonyl (C=O) groups excluding carboxylic acids is 2. The molecular formula is C26H34O7. The van der Waals surface area contributed by atoms with Crippen LogP contribution in [0.2, 0.25) is 0 Å². The lowest BCUT2D eigenvalue weighted by molar-refractivity contribution is -0.182. The minimum atomic E-state index is -1.36. The van der Waals surface area contributed by atoms with Gasteiger partial charge in [-0.05, 0) is 61.3 Å². The number of ether oxygens (including phenoxy) is 2. The molecule has 180 valence electrons. The highest BCUT2D eigenvalue weighted by Gasteiger charge is 2.77. The molecule has 9 atom stereocenters. The lowest BCUT2D eigenvalue weighted by Gasteiger charge is -2.60. The number of hydrogen-bond donors (Lipinski definition) is 3. The summed E-state index contributed by atoms with van der Waals surface area (Å²) in [5, 5.41) is 32.5. The van der Waals surface area contributed by atoms with E-state index in [9.17, 15) is 24.9 Å². The van der Waals surface area contributed by atoms with E-state index in [1.807, 2.05) is 32.9 Å².